The third-order valence-electron chi connectivity index (χ3n) is 6.31. The van der Waals surface area contributed by atoms with Gasteiger partial charge in [-0.2, -0.15) is 0 Å². The van der Waals surface area contributed by atoms with Crippen LogP contribution < -0.4 is 5.32 Å². The number of imidazole rings is 1. The quantitative estimate of drug-likeness (QED) is 0.777. The molecule has 2 saturated heterocycles. The van der Waals surface area contributed by atoms with Gasteiger partial charge in [-0.15, -0.1) is 0 Å². The number of hydrogen-bond acceptors (Lipinski definition) is 4. The van der Waals surface area contributed by atoms with Gasteiger partial charge in [-0.1, -0.05) is 11.6 Å². The summed E-state index contributed by atoms with van der Waals surface area (Å²) in [7, 11) is 2.17. The Balaban J connectivity index is 1.76. The van der Waals surface area contributed by atoms with Gasteiger partial charge in [0.25, 0.3) is 0 Å². The summed E-state index contributed by atoms with van der Waals surface area (Å²) in [6.45, 7) is 11.8. The summed E-state index contributed by atoms with van der Waals surface area (Å²) < 4.78 is 2.09. The minimum atomic E-state index is -0.274. The predicted molar refractivity (Wildman–Crippen MR) is 108 cm³/mol. The lowest BCUT2D eigenvalue weighted by Crippen LogP contribution is -2.65. The second kappa shape index (κ2) is 8.57. The van der Waals surface area contributed by atoms with E-state index >= 15 is 0 Å². The number of nitrogens with one attached hydrogen (secondary N) is 1. The van der Waals surface area contributed by atoms with Crippen LogP contribution in [-0.4, -0.2) is 64.5 Å². The Morgan fingerprint density at radius 2 is 2.19 bits per heavy atom. The van der Waals surface area contributed by atoms with Crippen LogP contribution in [0.15, 0.2) is 24.0 Å². The molecule has 1 N–H and O–H groups in total. The minimum absolute atomic E-state index is 0.216. The molecule has 0 unspecified atom stereocenters. The number of likely N-dealkylation sites (tertiary alicyclic amines) is 2. The Morgan fingerprint density at radius 1 is 1.37 bits per heavy atom. The Labute approximate surface area is 163 Å². The van der Waals surface area contributed by atoms with Crippen LogP contribution in [0.1, 0.15) is 45.9 Å². The molecular formula is C21H35N5O. The van der Waals surface area contributed by atoms with Crippen molar-refractivity contribution < 1.29 is 4.79 Å². The van der Waals surface area contributed by atoms with E-state index in [4.69, 9.17) is 0 Å². The number of aromatic nitrogens is 2. The van der Waals surface area contributed by atoms with Crippen molar-refractivity contribution in [2.24, 2.45) is 5.41 Å². The summed E-state index contributed by atoms with van der Waals surface area (Å²) in [5, 5.41) is 3.24. The van der Waals surface area contributed by atoms with Gasteiger partial charge < -0.3 is 14.8 Å². The largest absolute Gasteiger partial charge is 0.348 e. The van der Waals surface area contributed by atoms with Gasteiger partial charge in [-0.3, -0.25) is 9.69 Å². The normalized spacial score (nSPS) is 26.4. The lowest BCUT2D eigenvalue weighted by molar-refractivity contribution is -0.144. The molecule has 3 heterocycles. The van der Waals surface area contributed by atoms with Crippen molar-refractivity contribution in [1.82, 2.24) is 24.7 Å². The molecule has 2 aliphatic rings. The van der Waals surface area contributed by atoms with Crippen LogP contribution >= 0.6 is 0 Å². The zero-order chi connectivity index (χ0) is 19.4. The first-order valence-corrected chi connectivity index (χ1v) is 10.3. The highest BCUT2D eigenvalue weighted by Crippen LogP contribution is 2.42. The Bertz CT molecular complexity index is 678. The Morgan fingerprint density at radius 3 is 2.93 bits per heavy atom. The average molecular weight is 374 g/mol. The molecule has 1 amide bonds. The number of amides is 1. The highest BCUT2D eigenvalue weighted by atomic mass is 16.2. The van der Waals surface area contributed by atoms with Crippen LogP contribution in [-0.2, 0) is 17.9 Å². The maximum absolute atomic E-state index is 13.4. The second-order valence-electron chi connectivity index (χ2n) is 8.38. The molecule has 0 radical (unpaired) electrons. The minimum Gasteiger partial charge on any atom is -0.348 e. The smallest absolute Gasteiger partial charge is 0.228 e. The van der Waals surface area contributed by atoms with E-state index in [1.165, 1.54) is 5.57 Å². The van der Waals surface area contributed by atoms with E-state index in [-0.39, 0.29) is 17.4 Å². The van der Waals surface area contributed by atoms with E-state index in [0.29, 0.717) is 6.54 Å². The molecule has 0 bridgehead atoms. The van der Waals surface area contributed by atoms with Crippen molar-refractivity contribution in [3.8, 4) is 0 Å². The first-order chi connectivity index (χ1) is 13.0. The second-order valence-corrected chi connectivity index (χ2v) is 8.38. The molecule has 27 heavy (non-hydrogen) atoms. The third-order valence-corrected chi connectivity index (χ3v) is 6.31. The molecule has 6 heteroatoms. The fourth-order valence-electron chi connectivity index (χ4n) is 4.66. The van der Waals surface area contributed by atoms with E-state index in [1.54, 1.807) is 0 Å². The molecule has 6 nitrogen and oxygen atoms in total. The lowest BCUT2D eigenvalue weighted by Gasteiger charge is -2.53. The number of carbonyl (C=O) groups is 1. The van der Waals surface area contributed by atoms with E-state index < -0.39 is 0 Å². The number of rotatable bonds is 6. The SMILES string of the molecule is CCn1ccnc1CNC(=O)[C@@]12CCCN(CC=C(C)C)[C@H]1CN(C)CC2. The maximum Gasteiger partial charge on any atom is 0.228 e. The van der Waals surface area contributed by atoms with Gasteiger partial charge in [0.05, 0.1) is 12.0 Å². The van der Waals surface area contributed by atoms with Gasteiger partial charge in [0.15, 0.2) is 0 Å². The summed E-state index contributed by atoms with van der Waals surface area (Å²) in [5.74, 6) is 1.15. The molecule has 1 aromatic heterocycles. The van der Waals surface area contributed by atoms with Gasteiger partial charge in [0, 0.05) is 38.1 Å². The molecule has 0 aliphatic carbocycles. The summed E-state index contributed by atoms with van der Waals surface area (Å²) in [4.78, 5) is 22.7. The molecule has 150 valence electrons. The highest BCUT2D eigenvalue weighted by Gasteiger charge is 2.51. The lowest BCUT2D eigenvalue weighted by atomic mass is 9.67. The maximum atomic E-state index is 13.4. The molecule has 1 aromatic rings. The van der Waals surface area contributed by atoms with E-state index in [9.17, 15) is 4.79 Å². The Kier molecular flexibility index (Phi) is 6.37. The number of fused-ring (bicyclic) bond motifs is 1. The molecule has 2 fully saturated rings. The average Bonchev–Trinajstić information content (AvgIpc) is 3.11. The summed E-state index contributed by atoms with van der Waals surface area (Å²) in [6, 6.07) is 0.284. The highest BCUT2D eigenvalue weighted by molar-refractivity contribution is 5.83. The number of allylic oxidation sites excluding steroid dienone is 1. The van der Waals surface area contributed by atoms with Gasteiger partial charge in [0.1, 0.15) is 5.82 Å². The monoisotopic (exact) mass is 373 g/mol. The van der Waals surface area contributed by atoms with Crippen molar-refractivity contribution in [2.45, 2.75) is 59.2 Å². The summed E-state index contributed by atoms with van der Waals surface area (Å²) in [6.07, 6.45) is 9.09. The van der Waals surface area contributed by atoms with E-state index in [0.717, 1.165) is 57.8 Å². The zero-order valence-electron chi connectivity index (χ0n) is 17.4. The summed E-state index contributed by atoms with van der Waals surface area (Å²) >= 11 is 0. The van der Waals surface area contributed by atoms with Gasteiger partial charge in [-0.25, -0.2) is 4.98 Å². The van der Waals surface area contributed by atoms with Crippen molar-refractivity contribution in [3.05, 3.63) is 29.9 Å². The van der Waals surface area contributed by atoms with Crippen LogP contribution in [0.3, 0.4) is 0 Å². The third kappa shape index (κ3) is 4.27. The number of likely N-dealkylation sites (N-methyl/N-ethyl adjacent to an activating group) is 1. The predicted octanol–water partition coefficient (Wildman–Crippen LogP) is 2.27. The topological polar surface area (TPSA) is 53.4 Å². The molecule has 2 atom stereocenters. The molecule has 3 rings (SSSR count). The zero-order valence-corrected chi connectivity index (χ0v) is 17.4. The van der Waals surface area contributed by atoms with E-state index in [1.807, 2.05) is 12.4 Å². The van der Waals surface area contributed by atoms with Gasteiger partial charge in [-0.05, 0) is 60.2 Å². The van der Waals surface area contributed by atoms with Crippen LogP contribution in [0.2, 0.25) is 0 Å². The van der Waals surface area contributed by atoms with Gasteiger partial charge >= 0.3 is 0 Å². The standard InChI is InChI=1S/C21H35N5O/c1-5-25-14-10-22-19(25)15-23-20(27)21-8-6-11-26(12-7-17(2)3)18(21)16-24(4)13-9-21/h7,10,14,18H,5-6,8-9,11-13,15-16H2,1-4H3,(H,23,27)/t18-,21+/m0/s1. The van der Waals surface area contributed by atoms with Crippen molar-refractivity contribution in [3.63, 3.8) is 0 Å². The number of piperidine rings is 2. The summed E-state index contributed by atoms with van der Waals surface area (Å²) in [5.41, 5.74) is 1.07. The fourth-order valence-corrected chi connectivity index (χ4v) is 4.66. The van der Waals surface area contributed by atoms with E-state index in [2.05, 4.69) is 58.6 Å². The van der Waals surface area contributed by atoms with Crippen LogP contribution in [0.4, 0.5) is 0 Å². The molecule has 2 aliphatic heterocycles. The fraction of sp³-hybridized carbons (Fsp3) is 0.714. The molecule has 0 saturated carbocycles. The van der Waals surface area contributed by atoms with Crippen LogP contribution in [0.25, 0.3) is 0 Å². The molecular weight excluding hydrogens is 338 g/mol. The van der Waals surface area contributed by atoms with Gasteiger partial charge in [0.2, 0.25) is 5.91 Å². The first-order valence-electron chi connectivity index (χ1n) is 10.3. The molecule has 0 aromatic carbocycles. The van der Waals surface area contributed by atoms with Crippen LogP contribution in [0, 0.1) is 5.41 Å². The van der Waals surface area contributed by atoms with Crippen molar-refractivity contribution >= 4 is 5.91 Å². The number of hydrogen-bond donors (Lipinski definition) is 1. The van der Waals surface area contributed by atoms with Crippen molar-refractivity contribution in [1.29, 1.82) is 0 Å². The number of aryl methyl sites for hydroxylation is 1. The Hall–Kier alpha value is -1.66. The first kappa shape index (κ1) is 20.1. The van der Waals surface area contributed by atoms with Crippen LogP contribution in [0.5, 0.6) is 0 Å². The molecule has 0 spiro atoms. The van der Waals surface area contributed by atoms with Crippen molar-refractivity contribution in [2.75, 3.05) is 33.2 Å². The number of nitrogens with zero attached hydrogens (tertiary/aromatic N) is 4. The number of carbonyl (C=O) groups excluding carboxylic acids is 1.